The first-order valence-electron chi connectivity index (χ1n) is 7.12. The largest absolute Gasteiger partial charge is 0.389 e. The van der Waals surface area contributed by atoms with Gasteiger partial charge in [-0.1, -0.05) is 18.1 Å². The van der Waals surface area contributed by atoms with Crippen molar-refractivity contribution >= 4 is 30.5 Å². The summed E-state index contributed by atoms with van der Waals surface area (Å²) in [6, 6.07) is 6.82. The Morgan fingerprint density at radius 1 is 1.22 bits per heavy atom. The molecule has 7 heteroatoms. The average Bonchev–Trinajstić information content (AvgIpc) is 2.49. The van der Waals surface area contributed by atoms with Crippen molar-refractivity contribution in [1.29, 1.82) is 0 Å². The topological polar surface area (TPSA) is 35.9 Å². The van der Waals surface area contributed by atoms with Crippen LogP contribution in [0.2, 0.25) is 0 Å². The first-order valence-corrected chi connectivity index (χ1v) is 7.12. The van der Waals surface area contributed by atoms with Crippen molar-refractivity contribution in [2.75, 3.05) is 50.8 Å². The Morgan fingerprint density at radius 2 is 1.87 bits per heavy atom. The number of terminal acetylenes is 1. The number of nitrogens with zero attached hydrogens (tertiary/aromatic N) is 2. The van der Waals surface area contributed by atoms with Gasteiger partial charge in [0, 0.05) is 32.7 Å². The van der Waals surface area contributed by atoms with Crippen LogP contribution < -0.4 is 4.90 Å². The van der Waals surface area contributed by atoms with E-state index < -0.39 is 6.10 Å². The minimum atomic E-state index is -0.543. The number of rotatable bonds is 6. The van der Waals surface area contributed by atoms with Crippen molar-refractivity contribution in [2.24, 2.45) is 0 Å². The summed E-state index contributed by atoms with van der Waals surface area (Å²) in [5.41, 5.74) is 0.648. The molecule has 1 atom stereocenters. The van der Waals surface area contributed by atoms with Crippen molar-refractivity contribution in [2.45, 2.75) is 6.10 Å². The maximum absolute atomic E-state index is 13.7. The molecule has 0 spiro atoms. The van der Waals surface area contributed by atoms with E-state index in [1.54, 1.807) is 12.1 Å². The van der Waals surface area contributed by atoms with E-state index in [1.807, 2.05) is 11.0 Å². The van der Waals surface area contributed by atoms with Crippen molar-refractivity contribution < 1.29 is 14.2 Å². The fourth-order valence-electron chi connectivity index (χ4n) is 2.48. The van der Waals surface area contributed by atoms with Crippen molar-refractivity contribution in [3.63, 3.8) is 0 Å². The number of para-hydroxylation sites is 1. The molecule has 1 unspecified atom stereocenters. The van der Waals surface area contributed by atoms with Gasteiger partial charge in [-0.3, -0.25) is 4.90 Å². The van der Waals surface area contributed by atoms with Crippen LogP contribution in [0.5, 0.6) is 0 Å². The van der Waals surface area contributed by atoms with Crippen LogP contribution >= 0.6 is 24.8 Å². The Balaban J connectivity index is 0.00000242. The molecule has 0 aromatic heterocycles. The summed E-state index contributed by atoms with van der Waals surface area (Å²) < 4.78 is 18.8. The number of benzene rings is 1. The molecule has 1 aromatic carbocycles. The lowest BCUT2D eigenvalue weighted by Crippen LogP contribution is -2.49. The van der Waals surface area contributed by atoms with Gasteiger partial charge in [0.2, 0.25) is 0 Å². The lowest BCUT2D eigenvalue weighted by atomic mass is 10.2. The molecule has 2 rings (SSSR count). The maximum Gasteiger partial charge on any atom is 0.146 e. The number of aliphatic hydroxyl groups excluding tert-OH is 1. The van der Waals surface area contributed by atoms with Crippen molar-refractivity contribution in [1.82, 2.24) is 4.90 Å². The summed E-state index contributed by atoms with van der Waals surface area (Å²) in [6.07, 6.45) is 4.54. The first-order chi connectivity index (χ1) is 10.2. The van der Waals surface area contributed by atoms with Gasteiger partial charge in [0.05, 0.1) is 18.4 Å². The molecule has 0 amide bonds. The molecule has 1 saturated heterocycles. The number of hydrogen-bond acceptors (Lipinski definition) is 4. The van der Waals surface area contributed by atoms with Crippen LogP contribution in [0.4, 0.5) is 10.1 Å². The highest BCUT2D eigenvalue weighted by Crippen LogP contribution is 2.20. The number of piperazine rings is 1. The molecule has 1 heterocycles. The molecule has 1 aliphatic rings. The smallest absolute Gasteiger partial charge is 0.146 e. The molecule has 1 aromatic rings. The molecule has 0 bridgehead atoms. The molecule has 130 valence electrons. The van der Waals surface area contributed by atoms with Gasteiger partial charge in [-0.25, -0.2) is 4.39 Å². The molecular weight excluding hydrogens is 342 g/mol. The van der Waals surface area contributed by atoms with Gasteiger partial charge in [-0.15, -0.1) is 31.2 Å². The zero-order valence-electron chi connectivity index (χ0n) is 12.9. The second kappa shape index (κ2) is 11.5. The fourth-order valence-corrected chi connectivity index (χ4v) is 2.48. The number of aliphatic hydroxyl groups is 1. The Morgan fingerprint density at radius 3 is 2.48 bits per heavy atom. The highest BCUT2D eigenvalue weighted by Gasteiger charge is 2.20. The molecule has 4 nitrogen and oxygen atoms in total. The van der Waals surface area contributed by atoms with E-state index in [9.17, 15) is 9.50 Å². The number of anilines is 1. The van der Waals surface area contributed by atoms with Gasteiger partial charge < -0.3 is 14.7 Å². The maximum atomic E-state index is 13.7. The molecule has 0 aliphatic carbocycles. The lowest BCUT2D eigenvalue weighted by molar-refractivity contribution is 0.0267. The number of halogens is 3. The predicted molar refractivity (Wildman–Crippen MR) is 95.2 cm³/mol. The van der Waals surface area contributed by atoms with E-state index in [0.29, 0.717) is 12.2 Å². The normalized spacial score (nSPS) is 16.0. The third-order valence-corrected chi connectivity index (χ3v) is 3.53. The Kier molecular flexibility index (Phi) is 11.0. The van der Waals surface area contributed by atoms with E-state index in [0.717, 1.165) is 26.2 Å². The van der Waals surface area contributed by atoms with Gasteiger partial charge in [-0.05, 0) is 12.1 Å². The highest BCUT2D eigenvalue weighted by molar-refractivity contribution is 5.85. The standard InChI is InChI=1S/C16H21FN2O2.2ClH/c1-2-11-21-13-14(20)12-18-7-9-19(10-8-18)16-6-4-3-5-15(16)17;;/h1,3-6,14,20H,7-13H2;2*1H. The van der Waals surface area contributed by atoms with Gasteiger partial charge in [0.1, 0.15) is 12.4 Å². The summed E-state index contributed by atoms with van der Waals surface area (Å²) in [7, 11) is 0. The SMILES string of the molecule is C#CCOCC(O)CN1CCN(c2ccccc2F)CC1.Cl.Cl. The molecule has 0 saturated carbocycles. The lowest BCUT2D eigenvalue weighted by Gasteiger charge is -2.36. The molecule has 0 radical (unpaired) electrons. The second-order valence-electron chi connectivity index (χ2n) is 5.11. The van der Waals surface area contributed by atoms with E-state index in [-0.39, 0.29) is 43.8 Å². The highest BCUT2D eigenvalue weighted by atomic mass is 35.5. The Hall–Kier alpha value is -1.03. The number of hydrogen-bond donors (Lipinski definition) is 1. The Bertz CT molecular complexity index is 491. The molecular formula is C16H23Cl2FN2O2. The monoisotopic (exact) mass is 364 g/mol. The van der Waals surface area contributed by atoms with E-state index in [4.69, 9.17) is 11.2 Å². The third kappa shape index (κ3) is 6.94. The Labute approximate surface area is 149 Å². The zero-order chi connectivity index (χ0) is 15.1. The van der Waals surface area contributed by atoms with Crippen LogP contribution in [0.15, 0.2) is 24.3 Å². The molecule has 1 aliphatic heterocycles. The van der Waals surface area contributed by atoms with E-state index in [2.05, 4.69) is 10.8 Å². The van der Waals surface area contributed by atoms with E-state index in [1.165, 1.54) is 6.07 Å². The van der Waals surface area contributed by atoms with Gasteiger partial charge >= 0.3 is 0 Å². The zero-order valence-corrected chi connectivity index (χ0v) is 14.5. The van der Waals surface area contributed by atoms with Crippen LogP contribution in [-0.2, 0) is 4.74 Å². The fraction of sp³-hybridized carbons (Fsp3) is 0.500. The van der Waals surface area contributed by atoms with Crippen LogP contribution in [0.25, 0.3) is 0 Å². The summed E-state index contributed by atoms with van der Waals surface area (Å²) in [4.78, 5) is 4.19. The van der Waals surface area contributed by atoms with Crippen molar-refractivity contribution in [3.05, 3.63) is 30.1 Å². The van der Waals surface area contributed by atoms with E-state index >= 15 is 0 Å². The third-order valence-electron chi connectivity index (χ3n) is 3.53. The summed E-state index contributed by atoms with van der Waals surface area (Å²) in [5.74, 6) is 2.18. The van der Waals surface area contributed by atoms with Crippen LogP contribution in [-0.4, -0.2) is 62.0 Å². The van der Waals surface area contributed by atoms with Crippen LogP contribution in [0.1, 0.15) is 0 Å². The van der Waals surface area contributed by atoms with Gasteiger partial charge in [0.25, 0.3) is 0 Å². The minimum Gasteiger partial charge on any atom is -0.389 e. The molecule has 1 N–H and O–H groups in total. The number of ether oxygens (including phenoxy) is 1. The quantitative estimate of drug-likeness (QED) is 0.616. The number of β-amino-alcohol motifs (C(OH)–C–C–N with tert-alkyl or cyclic N) is 1. The molecule has 1 fully saturated rings. The molecule has 23 heavy (non-hydrogen) atoms. The average molecular weight is 365 g/mol. The predicted octanol–water partition coefficient (Wildman–Crippen LogP) is 1.80. The van der Waals surface area contributed by atoms with Crippen molar-refractivity contribution in [3.8, 4) is 12.3 Å². The summed E-state index contributed by atoms with van der Waals surface area (Å²) >= 11 is 0. The second-order valence-corrected chi connectivity index (χ2v) is 5.11. The summed E-state index contributed by atoms with van der Waals surface area (Å²) in [5, 5.41) is 9.85. The van der Waals surface area contributed by atoms with Gasteiger partial charge in [0.15, 0.2) is 0 Å². The first kappa shape index (κ1) is 22.0. The van der Waals surface area contributed by atoms with Crippen LogP contribution in [0, 0.1) is 18.2 Å². The van der Waals surface area contributed by atoms with Gasteiger partial charge in [-0.2, -0.15) is 0 Å². The van der Waals surface area contributed by atoms with Crippen LogP contribution in [0.3, 0.4) is 0 Å². The summed E-state index contributed by atoms with van der Waals surface area (Å²) in [6.45, 7) is 4.10. The minimum absolute atomic E-state index is 0.